The van der Waals surface area contributed by atoms with Gasteiger partial charge in [0, 0.05) is 5.56 Å². The Morgan fingerprint density at radius 1 is 0.966 bits per heavy atom. The molecule has 5 nitrogen and oxygen atoms in total. The van der Waals surface area contributed by atoms with Crippen LogP contribution in [0.3, 0.4) is 0 Å². The highest BCUT2D eigenvalue weighted by Gasteiger charge is 2.14. The Hall–Kier alpha value is -3.60. The van der Waals surface area contributed by atoms with E-state index < -0.39 is 6.10 Å². The lowest BCUT2D eigenvalue weighted by Crippen LogP contribution is -2.33. The third-order valence-electron chi connectivity index (χ3n) is 4.24. The van der Waals surface area contributed by atoms with Crippen molar-refractivity contribution in [3.63, 3.8) is 0 Å². The van der Waals surface area contributed by atoms with E-state index in [0.29, 0.717) is 12.4 Å². The summed E-state index contributed by atoms with van der Waals surface area (Å²) in [5, 5.41) is 4.02. The predicted octanol–water partition coefficient (Wildman–Crippen LogP) is 4.67. The molecule has 0 aliphatic heterocycles. The fraction of sp³-hybridized carbons (Fsp3) is 0.167. The lowest BCUT2D eigenvalue weighted by atomic mass is 10.1. The van der Waals surface area contributed by atoms with Crippen LogP contribution in [-0.4, -0.2) is 24.8 Å². The van der Waals surface area contributed by atoms with Gasteiger partial charge in [-0.15, -0.1) is 0 Å². The number of carbonyl (C=O) groups is 1. The number of benzene rings is 3. The number of carbonyl (C=O) groups excluding carboxylic acids is 1. The van der Waals surface area contributed by atoms with Gasteiger partial charge < -0.3 is 9.47 Å². The fourth-order valence-corrected chi connectivity index (χ4v) is 2.74. The third kappa shape index (κ3) is 5.69. The number of rotatable bonds is 8. The van der Waals surface area contributed by atoms with E-state index in [1.54, 1.807) is 13.1 Å². The van der Waals surface area contributed by atoms with Gasteiger partial charge in [0.05, 0.1) is 12.8 Å². The van der Waals surface area contributed by atoms with Crippen LogP contribution < -0.4 is 14.9 Å². The van der Waals surface area contributed by atoms with E-state index in [-0.39, 0.29) is 5.91 Å². The van der Waals surface area contributed by atoms with Gasteiger partial charge in [0.2, 0.25) is 0 Å². The first-order valence-electron chi connectivity index (χ1n) is 9.54. The number of hydrogen-bond acceptors (Lipinski definition) is 4. The summed E-state index contributed by atoms with van der Waals surface area (Å²) >= 11 is 0. The Labute approximate surface area is 171 Å². The Kier molecular flexibility index (Phi) is 7.00. The second kappa shape index (κ2) is 10.1. The minimum atomic E-state index is -0.683. The summed E-state index contributed by atoms with van der Waals surface area (Å²) < 4.78 is 11.3. The first-order valence-corrected chi connectivity index (χ1v) is 9.54. The molecular formula is C24H24N2O3. The molecule has 0 saturated carbocycles. The second-order valence-electron chi connectivity index (χ2n) is 6.36. The molecule has 0 fully saturated rings. The second-order valence-corrected chi connectivity index (χ2v) is 6.36. The molecule has 29 heavy (non-hydrogen) atoms. The molecule has 3 aromatic rings. The van der Waals surface area contributed by atoms with Crippen molar-refractivity contribution in [2.45, 2.75) is 20.0 Å². The van der Waals surface area contributed by atoms with Crippen LogP contribution in [0, 0.1) is 0 Å². The summed E-state index contributed by atoms with van der Waals surface area (Å²) in [6.07, 6.45) is 0.876. The molecular weight excluding hydrogens is 364 g/mol. The van der Waals surface area contributed by atoms with E-state index in [9.17, 15) is 4.79 Å². The smallest absolute Gasteiger partial charge is 0.280 e. The van der Waals surface area contributed by atoms with Gasteiger partial charge in [0.25, 0.3) is 5.91 Å². The topological polar surface area (TPSA) is 59.9 Å². The quantitative estimate of drug-likeness (QED) is 0.451. The average Bonchev–Trinajstić information content (AvgIpc) is 2.76. The Morgan fingerprint density at radius 2 is 1.62 bits per heavy atom. The van der Waals surface area contributed by atoms with Crippen molar-refractivity contribution in [3.8, 4) is 22.6 Å². The summed E-state index contributed by atoms with van der Waals surface area (Å²) in [5.41, 5.74) is 5.52. The number of amides is 1. The SMILES string of the molecule is CCOc1ccccc1/C=N\NC(=O)[C@H](C)Oc1ccc(-c2ccccc2)cc1. The largest absolute Gasteiger partial charge is 0.493 e. The molecule has 1 N–H and O–H groups in total. The van der Waals surface area contributed by atoms with Crippen LogP contribution >= 0.6 is 0 Å². The van der Waals surface area contributed by atoms with E-state index in [4.69, 9.17) is 9.47 Å². The van der Waals surface area contributed by atoms with E-state index in [0.717, 1.165) is 22.4 Å². The summed E-state index contributed by atoms with van der Waals surface area (Å²) in [4.78, 5) is 12.3. The summed E-state index contributed by atoms with van der Waals surface area (Å²) in [6, 6.07) is 25.2. The summed E-state index contributed by atoms with van der Waals surface area (Å²) in [7, 11) is 0. The van der Waals surface area contributed by atoms with Gasteiger partial charge in [-0.3, -0.25) is 4.79 Å². The Balaban J connectivity index is 1.55. The zero-order valence-corrected chi connectivity index (χ0v) is 16.5. The lowest BCUT2D eigenvalue weighted by Gasteiger charge is -2.13. The number of para-hydroxylation sites is 1. The van der Waals surface area contributed by atoms with Gasteiger partial charge in [-0.25, -0.2) is 5.43 Å². The molecule has 0 unspecified atom stereocenters. The molecule has 3 rings (SSSR count). The normalized spacial score (nSPS) is 11.8. The molecule has 1 atom stereocenters. The Morgan fingerprint density at radius 3 is 2.34 bits per heavy atom. The van der Waals surface area contributed by atoms with Crippen molar-refractivity contribution in [1.82, 2.24) is 5.43 Å². The highest BCUT2D eigenvalue weighted by Crippen LogP contribution is 2.22. The number of nitrogens with one attached hydrogen (secondary N) is 1. The number of nitrogens with zero attached hydrogens (tertiary/aromatic N) is 1. The van der Waals surface area contributed by atoms with E-state index in [1.807, 2.05) is 85.8 Å². The molecule has 0 aromatic heterocycles. The molecule has 0 aliphatic carbocycles. The van der Waals surface area contributed by atoms with Crippen molar-refractivity contribution < 1.29 is 14.3 Å². The molecule has 3 aromatic carbocycles. The standard InChI is InChI=1S/C24H24N2O3/c1-3-28-23-12-8-7-11-21(23)17-25-26-24(27)18(2)29-22-15-13-20(14-16-22)19-9-5-4-6-10-19/h4-18H,3H2,1-2H3,(H,26,27)/b25-17-/t18-/m0/s1. The van der Waals surface area contributed by atoms with Gasteiger partial charge in [-0.2, -0.15) is 5.10 Å². The van der Waals surface area contributed by atoms with E-state index in [2.05, 4.69) is 10.5 Å². The molecule has 148 valence electrons. The van der Waals surface area contributed by atoms with Gasteiger partial charge in [-0.1, -0.05) is 54.6 Å². The van der Waals surface area contributed by atoms with Crippen LogP contribution in [0.15, 0.2) is 84.0 Å². The average molecular weight is 388 g/mol. The van der Waals surface area contributed by atoms with E-state index >= 15 is 0 Å². The predicted molar refractivity (Wildman–Crippen MR) is 115 cm³/mol. The molecule has 0 radical (unpaired) electrons. The third-order valence-corrected chi connectivity index (χ3v) is 4.24. The molecule has 0 heterocycles. The zero-order chi connectivity index (χ0) is 20.5. The van der Waals surface area contributed by atoms with Crippen LogP contribution in [-0.2, 0) is 4.79 Å². The van der Waals surface area contributed by atoms with Crippen LogP contribution in [0.4, 0.5) is 0 Å². The zero-order valence-electron chi connectivity index (χ0n) is 16.5. The first-order chi connectivity index (χ1) is 14.2. The van der Waals surface area contributed by atoms with Crippen LogP contribution in [0.1, 0.15) is 19.4 Å². The van der Waals surface area contributed by atoms with Crippen molar-refractivity contribution in [1.29, 1.82) is 0 Å². The molecule has 0 saturated heterocycles. The minimum absolute atomic E-state index is 0.331. The highest BCUT2D eigenvalue weighted by molar-refractivity contribution is 5.86. The maximum Gasteiger partial charge on any atom is 0.280 e. The molecule has 5 heteroatoms. The van der Waals surface area contributed by atoms with Gasteiger partial charge in [-0.05, 0) is 49.2 Å². The van der Waals surface area contributed by atoms with Crippen molar-refractivity contribution in [2.75, 3.05) is 6.61 Å². The lowest BCUT2D eigenvalue weighted by molar-refractivity contribution is -0.127. The van der Waals surface area contributed by atoms with Crippen molar-refractivity contribution in [2.24, 2.45) is 5.10 Å². The fourth-order valence-electron chi connectivity index (χ4n) is 2.74. The minimum Gasteiger partial charge on any atom is -0.493 e. The maximum atomic E-state index is 12.3. The Bertz CT molecular complexity index is 953. The summed E-state index contributed by atoms with van der Waals surface area (Å²) in [6.45, 7) is 4.16. The molecule has 0 aliphatic rings. The monoisotopic (exact) mass is 388 g/mol. The van der Waals surface area contributed by atoms with Crippen molar-refractivity contribution >= 4 is 12.1 Å². The van der Waals surface area contributed by atoms with Crippen molar-refractivity contribution in [3.05, 3.63) is 84.4 Å². The van der Waals surface area contributed by atoms with Gasteiger partial charge >= 0.3 is 0 Å². The van der Waals surface area contributed by atoms with Crippen LogP contribution in [0.2, 0.25) is 0 Å². The van der Waals surface area contributed by atoms with E-state index in [1.165, 1.54) is 0 Å². The maximum absolute atomic E-state index is 12.3. The highest BCUT2D eigenvalue weighted by atomic mass is 16.5. The number of hydrazone groups is 1. The van der Waals surface area contributed by atoms with Gasteiger partial charge in [0.1, 0.15) is 11.5 Å². The molecule has 0 spiro atoms. The van der Waals surface area contributed by atoms with Crippen LogP contribution in [0.25, 0.3) is 11.1 Å². The number of ether oxygens (including phenoxy) is 2. The first kappa shape index (κ1) is 20.1. The number of hydrogen-bond donors (Lipinski definition) is 1. The van der Waals surface area contributed by atoms with Gasteiger partial charge in [0.15, 0.2) is 6.10 Å². The van der Waals surface area contributed by atoms with Crippen LogP contribution in [0.5, 0.6) is 11.5 Å². The molecule has 1 amide bonds. The summed E-state index contributed by atoms with van der Waals surface area (Å²) in [5.74, 6) is 1.01. The molecule has 0 bridgehead atoms.